The van der Waals surface area contributed by atoms with Gasteiger partial charge in [0.25, 0.3) is 5.91 Å². The van der Waals surface area contributed by atoms with Crippen LogP contribution >= 0.6 is 0 Å². The van der Waals surface area contributed by atoms with Gasteiger partial charge in [-0.1, -0.05) is 54.1 Å². The van der Waals surface area contributed by atoms with E-state index in [-0.39, 0.29) is 18.2 Å². The normalized spacial score (nSPS) is 12.3. The Morgan fingerprint density at radius 2 is 1.77 bits per heavy atom. The Labute approximate surface area is 204 Å². The second kappa shape index (κ2) is 9.43. The molecule has 1 aliphatic rings. The summed E-state index contributed by atoms with van der Waals surface area (Å²) in [5.74, 6) is 0.215. The molecule has 0 saturated heterocycles. The van der Waals surface area contributed by atoms with E-state index in [2.05, 4.69) is 10.3 Å². The van der Waals surface area contributed by atoms with Gasteiger partial charge in [-0.05, 0) is 66.4 Å². The Balaban J connectivity index is 1.32. The van der Waals surface area contributed by atoms with Gasteiger partial charge < -0.3 is 16.0 Å². The number of hydrogen-bond donors (Lipinski definition) is 2. The minimum atomic E-state index is -0.167. The molecule has 2 heterocycles. The fourth-order valence-corrected chi connectivity index (χ4v) is 4.45. The third-order valence-electron chi connectivity index (χ3n) is 6.23. The predicted molar refractivity (Wildman–Crippen MR) is 139 cm³/mol. The number of aryl methyl sites for hydroxylation is 1. The van der Waals surface area contributed by atoms with Crippen molar-refractivity contribution in [3.8, 4) is 11.1 Å². The van der Waals surface area contributed by atoms with Crippen LogP contribution in [-0.2, 0) is 17.6 Å². The first-order valence-corrected chi connectivity index (χ1v) is 11.6. The van der Waals surface area contributed by atoms with Gasteiger partial charge in [0.1, 0.15) is 5.82 Å². The number of nitrogens with zero attached hydrogens (tertiary/aromatic N) is 2. The number of nitrogens with two attached hydrogens (primary N) is 1. The fraction of sp³-hybridized carbons (Fsp3) is 0.138. The number of hydrogen-bond acceptors (Lipinski definition) is 4. The Morgan fingerprint density at radius 3 is 2.57 bits per heavy atom. The highest BCUT2D eigenvalue weighted by Gasteiger charge is 2.25. The van der Waals surface area contributed by atoms with Gasteiger partial charge in [-0.25, -0.2) is 4.98 Å². The van der Waals surface area contributed by atoms with Crippen LogP contribution in [0.2, 0.25) is 0 Å². The van der Waals surface area contributed by atoms with Crippen LogP contribution < -0.4 is 16.0 Å². The van der Waals surface area contributed by atoms with Crippen molar-refractivity contribution in [3.05, 3.63) is 107 Å². The second-order valence-electron chi connectivity index (χ2n) is 8.74. The number of nitrogens with one attached hydrogen (secondary N) is 1. The molecule has 1 aromatic heterocycles. The van der Waals surface area contributed by atoms with E-state index in [9.17, 15) is 9.59 Å². The van der Waals surface area contributed by atoms with E-state index in [1.54, 1.807) is 23.1 Å². The maximum absolute atomic E-state index is 13.2. The molecule has 6 nitrogen and oxygen atoms in total. The largest absolute Gasteiger partial charge is 0.384 e. The Bertz CT molecular complexity index is 1410. The first kappa shape index (κ1) is 22.3. The molecule has 6 heteroatoms. The van der Waals surface area contributed by atoms with Crippen LogP contribution in [0, 0.1) is 6.92 Å². The SMILES string of the molecule is Cc1ccc(-c2ccccc2C(=O)Nc2ccc3c(c2)CCN3C(=O)Cc2cccc(N)n2)cc1. The summed E-state index contributed by atoms with van der Waals surface area (Å²) in [5.41, 5.74) is 12.7. The summed E-state index contributed by atoms with van der Waals surface area (Å²) in [7, 11) is 0. The number of carbonyl (C=O) groups is 2. The first-order valence-electron chi connectivity index (χ1n) is 11.6. The van der Waals surface area contributed by atoms with Gasteiger partial charge in [-0.15, -0.1) is 0 Å². The van der Waals surface area contributed by atoms with Gasteiger partial charge in [-0.2, -0.15) is 0 Å². The summed E-state index contributed by atoms with van der Waals surface area (Å²) in [6.45, 7) is 2.64. The summed E-state index contributed by atoms with van der Waals surface area (Å²) in [4.78, 5) is 32.1. The van der Waals surface area contributed by atoms with Gasteiger partial charge >= 0.3 is 0 Å². The summed E-state index contributed by atoms with van der Waals surface area (Å²) < 4.78 is 0. The molecule has 0 unspecified atom stereocenters. The third kappa shape index (κ3) is 4.77. The molecule has 0 atom stereocenters. The minimum absolute atomic E-state index is 0.0225. The quantitative estimate of drug-likeness (QED) is 0.436. The summed E-state index contributed by atoms with van der Waals surface area (Å²) in [6.07, 6.45) is 0.924. The Morgan fingerprint density at radius 1 is 0.971 bits per heavy atom. The zero-order valence-electron chi connectivity index (χ0n) is 19.5. The molecule has 4 aromatic rings. The number of carbonyl (C=O) groups excluding carboxylic acids is 2. The average molecular weight is 463 g/mol. The number of anilines is 3. The molecule has 1 aliphatic heterocycles. The highest BCUT2D eigenvalue weighted by molar-refractivity contribution is 6.09. The molecule has 3 N–H and O–H groups in total. The lowest BCUT2D eigenvalue weighted by molar-refractivity contribution is -0.117. The Hall–Kier alpha value is -4.45. The van der Waals surface area contributed by atoms with Gasteiger partial charge in [0.15, 0.2) is 0 Å². The van der Waals surface area contributed by atoms with Gasteiger partial charge in [0.2, 0.25) is 5.91 Å². The number of pyridine rings is 1. The predicted octanol–water partition coefficient (Wildman–Crippen LogP) is 5.02. The molecule has 3 aromatic carbocycles. The molecule has 0 saturated carbocycles. The highest BCUT2D eigenvalue weighted by Crippen LogP contribution is 2.32. The van der Waals surface area contributed by atoms with E-state index in [1.165, 1.54) is 5.56 Å². The lowest BCUT2D eigenvalue weighted by Crippen LogP contribution is -2.30. The van der Waals surface area contributed by atoms with Crippen LogP contribution in [0.1, 0.15) is 27.2 Å². The molecule has 174 valence electrons. The fourth-order valence-electron chi connectivity index (χ4n) is 4.45. The maximum Gasteiger partial charge on any atom is 0.256 e. The molecule has 0 aliphatic carbocycles. The monoisotopic (exact) mass is 462 g/mol. The maximum atomic E-state index is 13.2. The van der Waals surface area contributed by atoms with E-state index in [1.807, 2.05) is 73.7 Å². The zero-order chi connectivity index (χ0) is 24.4. The van der Waals surface area contributed by atoms with Crippen molar-refractivity contribution in [2.75, 3.05) is 22.5 Å². The van der Waals surface area contributed by atoms with Crippen LogP contribution in [0.5, 0.6) is 0 Å². The van der Waals surface area contributed by atoms with Gasteiger partial charge in [0.05, 0.1) is 12.1 Å². The van der Waals surface area contributed by atoms with E-state index >= 15 is 0 Å². The van der Waals surface area contributed by atoms with Crippen LogP contribution in [0.25, 0.3) is 11.1 Å². The highest BCUT2D eigenvalue weighted by atomic mass is 16.2. The second-order valence-corrected chi connectivity index (χ2v) is 8.74. The smallest absolute Gasteiger partial charge is 0.256 e. The molecule has 0 fully saturated rings. The van der Waals surface area contributed by atoms with Crippen LogP contribution in [0.3, 0.4) is 0 Å². The standard InChI is InChI=1S/C29H26N4O2/c1-19-9-11-20(12-10-19)24-6-2-3-7-25(24)29(35)32-23-13-14-26-21(17-23)15-16-33(26)28(34)18-22-5-4-8-27(30)31-22/h2-14,17H,15-16,18H2,1H3,(H2,30,31)(H,32,35). The van der Waals surface area contributed by atoms with Crippen molar-refractivity contribution >= 4 is 29.0 Å². The summed E-state index contributed by atoms with van der Waals surface area (Å²) >= 11 is 0. The molecule has 5 rings (SSSR count). The van der Waals surface area contributed by atoms with Gasteiger partial charge in [-0.3, -0.25) is 9.59 Å². The van der Waals surface area contributed by atoms with E-state index in [4.69, 9.17) is 5.73 Å². The summed E-state index contributed by atoms with van der Waals surface area (Å²) in [6, 6.07) is 26.7. The van der Waals surface area contributed by atoms with Crippen molar-refractivity contribution in [2.45, 2.75) is 19.8 Å². The molecule has 0 spiro atoms. The van der Waals surface area contributed by atoms with Crippen molar-refractivity contribution in [2.24, 2.45) is 0 Å². The molecule has 2 amide bonds. The molecular formula is C29H26N4O2. The Kier molecular flexibility index (Phi) is 6.02. The van der Waals surface area contributed by atoms with Crippen molar-refractivity contribution < 1.29 is 9.59 Å². The molecule has 0 bridgehead atoms. The minimum Gasteiger partial charge on any atom is -0.384 e. The number of nitrogen functional groups attached to an aromatic ring is 1. The van der Waals surface area contributed by atoms with Crippen LogP contribution in [0.4, 0.5) is 17.2 Å². The van der Waals surface area contributed by atoms with E-state index in [0.717, 1.165) is 28.8 Å². The van der Waals surface area contributed by atoms with Gasteiger partial charge in [0, 0.05) is 23.5 Å². The summed E-state index contributed by atoms with van der Waals surface area (Å²) in [5, 5.41) is 3.03. The topological polar surface area (TPSA) is 88.3 Å². The number of fused-ring (bicyclic) bond motifs is 1. The van der Waals surface area contributed by atoms with Crippen molar-refractivity contribution in [1.29, 1.82) is 0 Å². The molecule has 35 heavy (non-hydrogen) atoms. The molecular weight excluding hydrogens is 436 g/mol. The first-order chi connectivity index (χ1) is 17.0. The number of rotatable bonds is 5. The number of amides is 2. The number of benzene rings is 3. The van der Waals surface area contributed by atoms with Crippen molar-refractivity contribution in [3.63, 3.8) is 0 Å². The lowest BCUT2D eigenvalue weighted by Gasteiger charge is -2.18. The van der Waals surface area contributed by atoms with Crippen LogP contribution in [0.15, 0.2) is 84.9 Å². The molecule has 0 radical (unpaired) electrons. The number of aromatic nitrogens is 1. The average Bonchev–Trinajstić information content (AvgIpc) is 3.28. The zero-order valence-corrected chi connectivity index (χ0v) is 19.5. The van der Waals surface area contributed by atoms with Crippen molar-refractivity contribution in [1.82, 2.24) is 4.98 Å². The van der Waals surface area contributed by atoms with Crippen LogP contribution in [-0.4, -0.2) is 23.3 Å². The lowest BCUT2D eigenvalue weighted by atomic mass is 9.98. The van der Waals surface area contributed by atoms with E-state index in [0.29, 0.717) is 29.3 Å². The third-order valence-corrected chi connectivity index (χ3v) is 6.23. The van der Waals surface area contributed by atoms with E-state index < -0.39 is 0 Å².